The molecule has 0 spiro atoms. The van der Waals surface area contributed by atoms with Gasteiger partial charge in [-0.1, -0.05) is 48.5 Å². The minimum absolute atomic E-state index is 0. The summed E-state index contributed by atoms with van der Waals surface area (Å²) in [5, 5.41) is 38.2. The summed E-state index contributed by atoms with van der Waals surface area (Å²) in [6.45, 7) is 2.10. The Morgan fingerprint density at radius 3 is 0.818 bits per heavy atom. The molecule has 0 atom stereocenters. The van der Waals surface area contributed by atoms with Gasteiger partial charge in [-0.3, -0.25) is 20.0 Å². The van der Waals surface area contributed by atoms with E-state index in [-0.39, 0.29) is 44.7 Å². The second kappa shape index (κ2) is 23.4. The quantitative estimate of drug-likeness (QED) is 0.0944. The minimum atomic E-state index is -1.75. The molecule has 0 amide bonds. The first-order valence-corrected chi connectivity index (χ1v) is 14.4. The SMILES string of the molecule is Oc1ccccc1C=NCCN=Cc1ccccc1O.Oc1ccccc1C=NCCN=Cc1ccccc1O.[O]=[Ti][OH].[Ti]. The van der Waals surface area contributed by atoms with E-state index in [1.165, 1.54) is 0 Å². The van der Waals surface area contributed by atoms with Gasteiger partial charge in [0.1, 0.15) is 23.0 Å². The van der Waals surface area contributed by atoms with Gasteiger partial charge in [0.25, 0.3) is 0 Å². The summed E-state index contributed by atoms with van der Waals surface area (Å²) in [5.41, 5.74) is 2.77. The van der Waals surface area contributed by atoms with Crippen molar-refractivity contribution in [2.75, 3.05) is 26.2 Å². The number of benzene rings is 4. The third-order valence-corrected chi connectivity index (χ3v) is 5.38. The molecule has 0 aliphatic carbocycles. The Morgan fingerprint density at radius 2 is 0.636 bits per heavy atom. The molecule has 4 aromatic rings. The van der Waals surface area contributed by atoms with Gasteiger partial charge in [-0.05, 0) is 48.5 Å². The Balaban J connectivity index is 0.000000396. The molecule has 12 heteroatoms. The first kappa shape index (κ1) is 38.0. The molecule has 5 N–H and O–H groups in total. The fraction of sp³-hybridized carbons (Fsp3) is 0.125. The molecule has 0 radical (unpaired) electrons. The van der Waals surface area contributed by atoms with Crippen LogP contribution in [-0.2, 0) is 44.6 Å². The Kier molecular flexibility index (Phi) is 20.2. The van der Waals surface area contributed by atoms with Crippen LogP contribution in [0.3, 0.4) is 0 Å². The van der Waals surface area contributed by atoms with Crippen LogP contribution in [0.2, 0.25) is 0 Å². The summed E-state index contributed by atoms with van der Waals surface area (Å²) in [6.07, 6.45) is 6.52. The van der Waals surface area contributed by atoms with Crippen molar-refractivity contribution in [2.45, 2.75) is 0 Å². The van der Waals surface area contributed by atoms with Gasteiger partial charge in [0.05, 0.1) is 26.2 Å². The largest absolute Gasteiger partial charge is 0 e. The zero-order valence-corrected chi connectivity index (χ0v) is 26.9. The van der Waals surface area contributed by atoms with Gasteiger partial charge >= 0.3 is 26.5 Å². The van der Waals surface area contributed by atoms with Crippen molar-refractivity contribution in [3.8, 4) is 23.0 Å². The van der Waals surface area contributed by atoms with E-state index in [0.29, 0.717) is 48.4 Å². The Bertz CT molecular complexity index is 1310. The first-order valence-electron chi connectivity index (χ1n) is 13.1. The van der Waals surface area contributed by atoms with Gasteiger partial charge in [0, 0.05) is 68.8 Å². The van der Waals surface area contributed by atoms with Crippen LogP contribution in [0.5, 0.6) is 23.0 Å². The third-order valence-electron chi connectivity index (χ3n) is 5.38. The minimum Gasteiger partial charge on any atom is 0 e. The van der Waals surface area contributed by atoms with Crippen molar-refractivity contribution >= 4 is 24.9 Å². The average molecular weight is 665 g/mol. The van der Waals surface area contributed by atoms with Gasteiger partial charge in [0.2, 0.25) is 0 Å². The molecule has 0 heterocycles. The molecule has 0 unspecified atom stereocenters. The average Bonchev–Trinajstić information content (AvgIpc) is 3.01. The van der Waals surface area contributed by atoms with Crippen LogP contribution in [-0.4, -0.2) is 75.2 Å². The van der Waals surface area contributed by atoms with Gasteiger partial charge in [-0.25, -0.2) is 0 Å². The molecule has 0 aromatic heterocycles. The van der Waals surface area contributed by atoms with E-state index in [4.69, 9.17) is 7.01 Å². The number of hydrogen-bond donors (Lipinski definition) is 5. The third kappa shape index (κ3) is 15.4. The maximum Gasteiger partial charge on any atom is 0 e. The standard InChI is InChI=1S/2C16H16N2O2.H2O.O.2Ti/c2*19-15-7-3-1-5-13(15)11-17-9-10-18-12-14-6-2-4-8-16(14)20;;;;/h2*1-8,11-12,19-20H,9-10H2;1H2;;;/q;;;;;+1/p-1. The predicted octanol–water partition coefficient (Wildman–Crippen LogP) is 4.59. The first-order chi connectivity index (χ1) is 21.0. The van der Waals surface area contributed by atoms with Crippen LogP contribution in [0.4, 0.5) is 0 Å². The van der Waals surface area contributed by atoms with E-state index in [1.54, 1.807) is 97.7 Å². The van der Waals surface area contributed by atoms with Crippen molar-refractivity contribution in [3.63, 3.8) is 0 Å². The van der Waals surface area contributed by atoms with E-state index in [0.717, 1.165) is 0 Å². The van der Waals surface area contributed by atoms with Crippen LogP contribution in [0.1, 0.15) is 22.3 Å². The van der Waals surface area contributed by atoms with Crippen LogP contribution >= 0.6 is 0 Å². The molecule has 4 rings (SSSR count). The molecule has 0 saturated heterocycles. The second-order valence-electron chi connectivity index (χ2n) is 8.47. The molecule has 10 nitrogen and oxygen atoms in total. The fourth-order valence-electron chi connectivity index (χ4n) is 3.27. The number of aromatic hydroxyl groups is 4. The molecular weight excluding hydrogens is 632 g/mol. The smallest absolute Gasteiger partial charge is 0 e. The molecule has 0 aliphatic heterocycles. The summed E-state index contributed by atoms with van der Waals surface area (Å²) in [7, 11) is 0. The fourth-order valence-corrected chi connectivity index (χ4v) is 3.27. The van der Waals surface area contributed by atoms with Crippen molar-refractivity contribution in [2.24, 2.45) is 20.0 Å². The number of aliphatic imine (C=N–C) groups is 4. The van der Waals surface area contributed by atoms with Crippen molar-refractivity contribution in [1.29, 1.82) is 0 Å². The molecule has 4 aromatic carbocycles. The Morgan fingerprint density at radius 1 is 0.455 bits per heavy atom. The topological polar surface area (TPSA) is 168 Å². The van der Waals surface area contributed by atoms with Crippen LogP contribution in [0.15, 0.2) is 117 Å². The molecular formula is C32H33N4O6Ti2. The Hall–Kier alpha value is -4.05. The molecule has 0 bridgehead atoms. The van der Waals surface area contributed by atoms with E-state index in [1.807, 2.05) is 24.3 Å². The summed E-state index contributed by atoms with van der Waals surface area (Å²) < 4.78 is 15.8. The van der Waals surface area contributed by atoms with Gasteiger partial charge in [-0.15, -0.1) is 0 Å². The number of phenolic OH excluding ortho intramolecular Hbond substituents is 4. The normalized spacial score (nSPS) is 10.6. The maximum absolute atomic E-state index is 9.54. The number of phenols is 4. The zero-order valence-electron chi connectivity index (χ0n) is 23.8. The molecule has 225 valence electrons. The Labute approximate surface area is 280 Å². The molecule has 0 fully saturated rings. The second-order valence-corrected chi connectivity index (χ2v) is 8.75. The predicted molar refractivity (Wildman–Crippen MR) is 165 cm³/mol. The summed E-state index contributed by atoms with van der Waals surface area (Å²) in [4.78, 5) is 16.8. The zero-order chi connectivity index (χ0) is 31.1. The van der Waals surface area contributed by atoms with E-state index >= 15 is 0 Å². The number of hydrogen-bond acceptors (Lipinski definition) is 9. The summed E-state index contributed by atoms with van der Waals surface area (Å²) in [5.74, 6) is 0.867. The van der Waals surface area contributed by atoms with Crippen molar-refractivity contribution in [3.05, 3.63) is 119 Å². The van der Waals surface area contributed by atoms with Crippen LogP contribution in [0.25, 0.3) is 0 Å². The molecule has 0 saturated carbocycles. The van der Waals surface area contributed by atoms with Crippen LogP contribution in [0, 0.1) is 0 Å². The van der Waals surface area contributed by atoms with E-state index in [9.17, 15) is 20.4 Å². The van der Waals surface area contributed by atoms with Gasteiger partial charge < -0.3 is 20.4 Å². The summed E-state index contributed by atoms with van der Waals surface area (Å²) in [6, 6.07) is 28.1. The van der Waals surface area contributed by atoms with Gasteiger partial charge in [0.15, 0.2) is 0 Å². The van der Waals surface area contributed by atoms with Gasteiger partial charge in [-0.2, -0.15) is 0 Å². The number of para-hydroxylation sites is 4. The van der Waals surface area contributed by atoms with Crippen molar-refractivity contribution < 1.29 is 68.7 Å². The number of nitrogens with zero attached hydrogens (tertiary/aromatic N) is 4. The van der Waals surface area contributed by atoms with E-state index < -0.39 is 19.5 Å². The monoisotopic (exact) mass is 665 g/mol. The maximum atomic E-state index is 9.54. The van der Waals surface area contributed by atoms with Crippen molar-refractivity contribution in [1.82, 2.24) is 0 Å². The molecule has 44 heavy (non-hydrogen) atoms. The summed E-state index contributed by atoms with van der Waals surface area (Å²) >= 11 is -1.75. The number of rotatable bonds is 10. The van der Waals surface area contributed by atoms with E-state index in [2.05, 4.69) is 20.0 Å². The molecule has 0 aliphatic rings. The van der Waals surface area contributed by atoms with Crippen LogP contribution < -0.4 is 0 Å².